The molecule has 1 amide bonds. The van der Waals surface area contributed by atoms with Gasteiger partial charge in [-0.2, -0.15) is 0 Å². The largest absolute Gasteiger partial charge is 0.376 e. The van der Waals surface area contributed by atoms with Crippen molar-refractivity contribution in [2.75, 3.05) is 38.4 Å². The van der Waals surface area contributed by atoms with Gasteiger partial charge < -0.3 is 10.2 Å². The maximum atomic E-state index is 13.3. The zero-order valence-corrected chi connectivity index (χ0v) is 15.6. The van der Waals surface area contributed by atoms with Crippen molar-refractivity contribution in [2.24, 2.45) is 0 Å². The number of anilines is 2. The molecule has 2 aromatic rings. The number of benzene rings is 2. The van der Waals surface area contributed by atoms with Gasteiger partial charge in [0.15, 0.2) is 0 Å². The van der Waals surface area contributed by atoms with Crippen molar-refractivity contribution >= 4 is 27.3 Å². The van der Waals surface area contributed by atoms with Gasteiger partial charge in [-0.15, -0.1) is 0 Å². The van der Waals surface area contributed by atoms with Crippen LogP contribution in [0.25, 0.3) is 0 Å². The maximum absolute atomic E-state index is 13.3. The molecule has 2 aromatic carbocycles. The number of halogens is 2. The summed E-state index contributed by atoms with van der Waals surface area (Å²) in [6, 6.07) is 6.72. The molecule has 9 heteroatoms. The molecule has 6 nitrogen and oxygen atoms in total. The summed E-state index contributed by atoms with van der Waals surface area (Å²) in [5, 5.41) is 2.52. The highest BCUT2D eigenvalue weighted by molar-refractivity contribution is 7.89. The lowest BCUT2D eigenvalue weighted by atomic mass is 10.2. The summed E-state index contributed by atoms with van der Waals surface area (Å²) < 4.78 is 52.3. The Hall–Kier alpha value is -2.52. The third-order valence-electron chi connectivity index (χ3n) is 3.60. The number of hydrogen-bond donors (Lipinski definition) is 1. The number of carbonyl (C=O) groups excluding carboxylic acids is 1. The van der Waals surface area contributed by atoms with E-state index >= 15 is 0 Å². The SMILES string of the molecule is CN(C)c1ccc(S(=O)(=O)N(C)C)cc1NC(=O)c1cc(F)cc(F)c1. The van der Waals surface area contributed by atoms with Crippen molar-refractivity contribution in [3.8, 4) is 0 Å². The first kappa shape index (κ1) is 19.8. The summed E-state index contributed by atoms with van der Waals surface area (Å²) in [6.07, 6.45) is 0. The topological polar surface area (TPSA) is 69.7 Å². The smallest absolute Gasteiger partial charge is 0.255 e. The summed E-state index contributed by atoms with van der Waals surface area (Å²) in [5.41, 5.74) is 0.522. The second-order valence-electron chi connectivity index (χ2n) is 5.97. The van der Waals surface area contributed by atoms with Gasteiger partial charge in [0.1, 0.15) is 11.6 Å². The molecule has 0 aliphatic carbocycles. The first-order valence-electron chi connectivity index (χ1n) is 7.53. The summed E-state index contributed by atoms with van der Waals surface area (Å²) in [4.78, 5) is 14.0. The lowest BCUT2D eigenvalue weighted by Crippen LogP contribution is -2.23. The standard InChI is InChI=1S/C17H19F2N3O3S/c1-21(2)16-6-5-14(26(24,25)22(3)4)10-15(16)20-17(23)11-7-12(18)9-13(19)8-11/h5-10H,1-4H3,(H,20,23). The van der Waals surface area contributed by atoms with Crippen LogP contribution in [0.4, 0.5) is 20.2 Å². The van der Waals surface area contributed by atoms with Crippen LogP contribution in [-0.2, 0) is 10.0 Å². The quantitative estimate of drug-likeness (QED) is 0.862. The van der Waals surface area contributed by atoms with E-state index in [-0.39, 0.29) is 16.1 Å². The van der Waals surface area contributed by atoms with Crippen LogP contribution in [0.3, 0.4) is 0 Å². The lowest BCUT2D eigenvalue weighted by molar-refractivity contribution is 0.102. The number of rotatable bonds is 5. The number of nitrogens with zero attached hydrogens (tertiary/aromatic N) is 2. The Bertz CT molecular complexity index is 924. The summed E-state index contributed by atoms with van der Waals surface area (Å²) in [5.74, 6) is -2.52. The van der Waals surface area contributed by atoms with Gasteiger partial charge >= 0.3 is 0 Å². The molecule has 0 fully saturated rings. The minimum Gasteiger partial charge on any atom is -0.376 e. The van der Waals surface area contributed by atoms with Gasteiger partial charge in [-0.3, -0.25) is 4.79 Å². The molecule has 0 bridgehead atoms. The number of amides is 1. The average molecular weight is 383 g/mol. The van der Waals surface area contributed by atoms with E-state index in [4.69, 9.17) is 0 Å². The van der Waals surface area contributed by atoms with Gasteiger partial charge in [-0.25, -0.2) is 21.5 Å². The predicted molar refractivity (Wildman–Crippen MR) is 96.0 cm³/mol. The number of nitrogens with one attached hydrogen (secondary N) is 1. The third kappa shape index (κ3) is 4.17. The normalized spacial score (nSPS) is 11.5. The van der Waals surface area contributed by atoms with Crippen molar-refractivity contribution in [1.29, 1.82) is 0 Å². The Kier molecular flexibility index (Phi) is 5.62. The Morgan fingerprint density at radius 1 is 0.962 bits per heavy atom. The van der Waals surface area contributed by atoms with Crippen LogP contribution in [0.5, 0.6) is 0 Å². The first-order chi connectivity index (χ1) is 12.0. The first-order valence-corrected chi connectivity index (χ1v) is 8.97. The van der Waals surface area contributed by atoms with Crippen molar-refractivity contribution in [3.63, 3.8) is 0 Å². The molecule has 0 aromatic heterocycles. The van der Waals surface area contributed by atoms with E-state index in [1.807, 2.05) is 0 Å². The fraction of sp³-hybridized carbons (Fsp3) is 0.235. The highest BCUT2D eigenvalue weighted by Gasteiger charge is 2.20. The zero-order valence-electron chi connectivity index (χ0n) is 14.7. The molecule has 26 heavy (non-hydrogen) atoms. The summed E-state index contributed by atoms with van der Waals surface area (Å²) >= 11 is 0. The van der Waals surface area contributed by atoms with Crippen LogP contribution in [0.15, 0.2) is 41.3 Å². The molecule has 0 atom stereocenters. The Labute approximate surface area is 151 Å². The summed E-state index contributed by atoms with van der Waals surface area (Å²) in [6.45, 7) is 0. The van der Waals surface area contributed by atoms with E-state index < -0.39 is 27.6 Å². The van der Waals surface area contributed by atoms with Crippen molar-refractivity contribution in [1.82, 2.24) is 4.31 Å². The molecule has 1 N–H and O–H groups in total. The van der Waals surface area contributed by atoms with E-state index in [2.05, 4.69) is 5.32 Å². The Morgan fingerprint density at radius 2 is 1.54 bits per heavy atom. The second-order valence-corrected chi connectivity index (χ2v) is 8.12. The van der Waals surface area contributed by atoms with Crippen LogP contribution >= 0.6 is 0 Å². The van der Waals surface area contributed by atoms with Gasteiger partial charge in [0.2, 0.25) is 10.0 Å². The van der Waals surface area contributed by atoms with E-state index in [0.29, 0.717) is 11.8 Å². The Balaban J connectivity index is 2.47. The van der Waals surface area contributed by atoms with E-state index in [0.717, 1.165) is 16.4 Å². The molecule has 0 aliphatic rings. The maximum Gasteiger partial charge on any atom is 0.255 e. The van der Waals surface area contributed by atoms with Crippen molar-refractivity contribution < 1.29 is 22.0 Å². The van der Waals surface area contributed by atoms with Gasteiger partial charge in [0.25, 0.3) is 5.91 Å². The van der Waals surface area contributed by atoms with Crippen LogP contribution in [0, 0.1) is 11.6 Å². The fourth-order valence-corrected chi connectivity index (χ4v) is 3.18. The molecule has 0 heterocycles. The van der Waals surface area contributed by atoms with Crippen molar-refractivity contribution in [3.05, 3.63) is 53.6 Å². The lowest BCUT2D eigenvalue weighted by Gasteiger charge is -2.20. The van der Waals surface area contributed by atoms with Crippen LogP contribution < -0.4 is 10.2 Å². The van der Waals surface area contributed by atoms with Gasteiger partial charge in [0, 0.05) is 39.8 Å². The molecule has 0 spiro atoms. The van der Waals surface area contributed by atoms with Gasteiger partial charge in [-0.1, -0.05) is 0 Å². The van der Waals surface area contributed by atoms with E-state index in [9.17, 15) is 22.0 Å². The molecule has 0 aliphatic heterocycles. The van der Waals surface area contributed by atoms with E-state index in [1.54, 1.807) is 19.0 Å². The monoisotopic (exact) mass is 383 g/mol. The summed E-state index contributed by atoms with van der Waals surface area (Å²) in [7, 11) is 2.50. The number of sulfonamides is 1. The zero-order chi connectivity index (χ0) is 19.6. The molecular weight excluding hydrogens is 364 g/mol. The molecule has 0 unspecified atom stereocenters. The minimum atomic E-state index is -3.71. The average Bonchev–Trinajstić information content (AvgIpc) is 2.53. The molecule has 2 rings (SSSR count). The molecular formula is C17H19F2N3O3S. The molecule has 0 saturated carbocycles. The van der Waals surface area contributed by atoms with Crippen LogP contribution in [0.2, 0.25) is 0 Å². The predicted octanol–water partition coefficient (Wildman–Crippen LogP) is 2.53. The Morgan fingerprint density at radius 3 is 2.04 bits per heavy atom. The fourth-order valence-electron chi connectivity index (χ4n) is 2.26. The minimum absolute atomic E-state index is 0.0196. The third-order valence-corrected chi connectivity index (χ3v) is 5.41. The van der Waals surface area contributed by atoms with Crippen LogP contribution in [-0.4, -0.2) is 46.8 Å². The van der Waals surface area contributed by atoms with Crippen molar-refractivity contribution in [2.45, 2.75) is 4.90 Å². The molecule has 0 radical (unpaired) electrons. The van der Waals surface area contributed by atoms with E-state index in [1.165, 1.54) is 32.3 Å². The van der Waals surface area contributed by atoms with Crippen LogP contribution in [0.1, 0.15) is 10.4 Å². The number of hydrogen-bond acceptors (Lipinski definition) is 4. The second kappa shape index (κ2) is 7.38. The highest BCUT2D eigenvalue weighted by atomic mass is 32.2. The van der Waals surface area contributed by atoms with Gasteiger partial charge in [-0.05, 0) is 30.3 Å². The number of carbonyl (C=O) groups is 1. The molecule has 140 valence electrons. The molecule has 0 saturated heterocycles. The highest BCUT2D eigenvalue weighted by Crippen LogP contribution is 2.29. The van der Waals surface area contributed by atoms with Gasteiger partial charge in [0.05, 0.1) is 16.3 Å².